The molecule has 5 amide bonds. The van der Waals surface area contributed by atoms with Crippen LogP contribution in [0.5, 0.6) is 0 Å². The van der Waals surface area contributed by atoms with Gasteiger partial charge in [-0.05, 0) is 24.5 Å². The zero-order valence-electron chi connectivity index (χ0n) is 16.6. The average Bonchev–Trinajstić information content (AvgIpc) is 3.40. The molecule has 4 rings (SSSR count). The number of likely N-dealkylation sites (tertiary alicyclic amines) is 1. The highest BCUT2D eigenvalue weighted by atomic mass is 16.2. The third kappa shape index (κ3) is 4.14. The lowest BCUT2D eigenvalue weighted by molar-refractivity contribution is -0.132. The molecule has 9 nitrogen and oxygen atoms in total. The number of urea groups is 1. The van der Waals surface area contributed by atoms with Crippen LogP contribution in [-0.2, 0) is 20.8 Å². The predicted octanol–water partition coefficient (Wildman–Crippen LogP) is 0.759. The number of H-pyrrole nitrogens is 1. The van der Waals surface area contributed by atoms with Gasteiger partial charge in [0.2, 0.25) is 11.8 Å². The van der Waals surface area contributed by atoms with E-state index in [1.54, 1.807) is 4.90 Å². The summed E-state index contributed by atoms with van der Waals surface area (Å²) < 4.78 is 0. The van der Waals surface area contributed by atoms with Crippen LogP contribution in [-0.4, -0.2) is 70.8 Å². The summed E-state index contributed by atoms with van der Waals surface area (Å²) in [7, 11) is 0. The number of amides is 5. The van der Waals surface area contributed by atoms with Gasteiger partial charge in [-0.3, -0.25) is 19.3 Å². The van der Waals surface area contributed by atoms with Crippen molar-refractivity contribution in [3.63, 3.8) is 0 Å². The number of para-hydroxylation sites is 1. The van der Waals surface area contributed by atoms with Crippen LogP contribution in [0.25, 0.3) is 10.9 Å². The number of nitrogens with one attached hydrogen (secondary N) is 3. The van der Waals surface area contributed by atoms with Gasteiger partial charge in [0.05, 0.1) is 0 Å². The Kier molecular flexibility index (Phi) is 5.69. The van der Waals surface area contributed by atoms with Crippen LogP contribution >= 0.6 is 0 Å². The molecule has 1 aromatic heterocycles. The lowest BCUT2D eigenvalue weighted by atomic mass is 10.1. The van der Waals surface area contributed by atoms with Crippen LogP contribution in [0.1, 0.15) is 24.8 Å². The number of imide groups is 1. The molecule has 3 N–H and O–H groups in total. The monoisotopic (exact) mass is 411 g/mol. The zero-order chi connectivity index (χ0) is 21.1. The Hall–Kier alpha value is -3.36. The fourth-order valence-electron chi connectivity index (χ4n) is 4.02. The molecule has 3 heterocycles. The van der Waals surface area contributed by atoms with Crippen LogP contribution < -0.4 is 10.6 Å². The number of benzene rings is 1. The second kappa shape index (κ2) is 8.56. The number of aromatic nitrogens is 1. The van der Waals surface area contributed by atoms with Gasteiger partial charge in [-0.15, -0.1) is 0 Å². The van der Waals surface area contributed by atoms with E-state index < -0.39 is 18.0 Å². The predicted molar refractivity (Wildman–Crippen MR) is 109 cm³/mol. The van der Waals surface area contributed by atoms with Crippen molar-refractivity contribution in [1.82, 2.24) is 25.4 Å². The molecular formula is C21H25N5O4. The van der Waals surface area contributed by atoms with Gasteiger partial charge in [-0.1, -0.05) is 18.2 Å². The fraction of sp³-hybridized carbons (Fsp3) is 0.429. The van der Waals surface area contributed by atoms with Crippen molar-refractivity contribution < 1.29 is 19.2 Å². The first kappa shape index (κ1) is 19.9. The lowest BCUT2D eigenvalue weighted by Crippen LogP contribution is -2.42. The van der Waals surface area contributed by atoms with Gasteiger partial charge in [-0.2, -0.15) is 0 Å². The van der Waals surface area contributed by atoms with Crippen LogP contribution in [0.3, 0.4) is 0 Å². The summed E-state index contributed by atoms with van der Waals surface area (Å²) >= 11 is 0. The van der Waals surface area contributed by atoms with Gasteiger partial charge >= 0.3 is 6.03 Å². The third-order valence-corrected chi connectivity index (χ3v) is 5.61. The quantitative estimate of drug-likeness (QED) is 0.439. The van der Waals surface area contributed by atoms with Crippen molar-refractivity contribution in [2.45, 2.75) is 31.7 Å². The first-order valence-electron chi connectivity index (χ1n) is 10.2. The summed E-state index contributed by atoms with van der Waals surface area (Å²) in [6, 6.07) is 6.51. The second-order valence-electron chi connectivity index (χ2n) is 7.68. The number of nitrogens with zero attached hydrogens (tertiary/aromatic N) is 2. The van der Waals surface area contributed by atoms with Crippen LogP contribution in [0, 0.1) is 0 Å². The molecule has 0 aliphatic carbocycles. The standard InChI is InChI=1S/C21H25N5O4/c27-18(22-8-4-10-25-9-3-7-19(25)28)13-26-20(29)17(24-21(26)30)11-14-12-23-16-6-2-1-5-15(14)16/h1-2,5-6,12,17,23H,3-4,7-11,13H2,(H,22,27)(H,24,30). The number of hydrogen-bond acceptors (Lipinski definition) is 4. The SMILES string of the molecule is O=C(CN1C(=O)NC(Cc2c[nH]c3ccccc23)C1=O)NCCCN1CCCC1=O. The molecule has 0 radical (unpaired) electrons. The molecule has 0 saturated carbocycles. The van der Waals surface area contributed by atoms with E-state index in [-0.39, 0.29) is 18.4 Å². The Balaban J connectivity index is 1.26. The molecule has 1 unspecified atom stereocenters. The van der Waals surface area contributed by atoms with E-state index in [2.05, 4.69) is 15.6 Å². The van der Waals surface area contributed by atoms with E-state index in [0.29, 0.717) is 32.4 Å². The maximum absolute atomic E-state index is 12.7. The van der Waals surface area contributed by atoms with E-state index in [9.17, 15) is 19.2 Å². The van der Waals surface area contributed by atoms with E-state index in [1.165, 1.54) is 0 Å². The van der Waals surface area contributed by atoms with E-state index in [0.717, 1.165) is 34.3 Å². The van der Waals surface area contributed by atoms with Crippen molar-refractivity contribution in [1.29, 1.82) is 0 Å². The molecule has 30 heavy (non-hydrogen) atoms. The number of carbonyl (C=O) groups is 4. The van der Waals surface area contributed by atoms with Gasteiger partial charge < -0.3 is 20.5 Å². The Labute approximate surface area is 173 Å². The smallest absolute Gasteiger partial charge is 0.325 e. The second-order valence-corrected chi connectivity index (χ2v) is 7.68. The number of carbonyl (C=O) groups excluding carboxylic acids is 4. The normalized spacial score (nSPS) is 19.1. The third-order valence-electron chi connectivity index (χ3n) is 5.61. The maximum atomic E-state index is 12.7. The highest BCUT2D eigenvalue weighted by Crippen LogP contribution is 2.21. The summed E-state index contributed by atoms with van der Waals surface area (Å²) in [4.78, 5) is 54.5. The zero-order valence-corrected chi connectivity index (χ0v) is 16.6. The van der Waals surface area contributed by atoms with E-state index >= 15 is 0 Å². The molecule has 2 aromatic rings. The molecule has 9 heteroatoms. The number of fused-ring (bicyclic) bond motifs is 1. The maximum Gasteiger partial charge on any atom is 0.325 e. The summed E-state index contributed by atoms with van der Waals surface area (Å²) in [5.74, 6) is -0.635. The first-order valence-corrected chi connectivity index (χ1v) is 10.2. The van der Waals surface area contributed by atoms with Gasteiger partial charge in [0.15, 0.2) is 0 Å². The summed E-state index contributed by atoms with van der Waals surface area (Å²) in [6.07, 6.45) is 4.32. The molecule has 158 valence electrons. The van der Waals surface area contributed by atoms with E-state index in [4.69, 9.17) is 0 Å². The summed E-state index contributed by atoms with van der Waals surface area (Å²) in [5.41, 5.74) is 1.91. The van der Waals surface area contributed by atoms with Crippen molar-refractivity contribution in [3.8, 4) is 0 Å². The minimum Gasteiger partial charge on any atom is -0.361 e. The minimum absolute atomic E-state index is 0.155. The highest BCUT2D eigenvalue weighted by molar-refractivity contribution is 6.06. The summed E-state index contributed by atoms with van der Waals surface area (Å²) in [5, 5.41) is 6.40. The van der Waals surface area contributed by atoms with Crippen molar-refractivity contribution in [2.75, 3.05) is 26.2 Å². The largest absolute Gasteiger partial charge is 0.361 e. The lowest BCUT2D eigenvalue weighted by Gasteiger charge is -2.16. The topological polar surface area (TPSA) is 115 Å². The molecule has 0 spiro atoms. The van der Waals surface area contributed by atoms with Gasteiger partial charge in [0.1, 0.15) is 12.6 Å². The van der Waals surface area contributed by atoms with Crippen molar-refractivity contribution >= 4 is 34.7 Å². The molecular weight excluding hydrogens is 386 g/mol. The number of aromatic amines is 1. The molecule has 2 fully saturated rings. The van der Waals surface area contributed by atoms with Crippen LogP contribution in [0.4, 0.5) is 4.79 Å². The number of hydrogen-bond donors (Lipinski definition) is 3. The van der Waals surface area contributed by atoms with Crippen LogP contribution in [0.15, 0.2) is 30.5 Å². The Bertz CT molecular complexity index is 985. The number of rotatable bonds is 8. The Morgan fingerprint density at radius 3 is 2.83 bits per heavy atom. The van der Waals surface area contributed by atoms with Crippen molar-refractivity contribution in [2.24, 2.45) is 0 Å². The molecule has 2 aliphatic rings. The average molecular weight is 411 g/mol. The summed E-state index contributed by atoms with van der Waals surface area (Å²) in [6.45, 7) is 1.46. The molecule has 0 bridgehead atoms. The minimum atomic E-state index is -0.689. The molecule has 2 saturated heterocycles. The Morgan fingerprint density at radius 1 is 1.20 bits per heavy atom. The Morgan fingerprint density at radius 2 is 2.03 bits per heavy atom. The molecule has 1 atom stereocenters. The highest BCUT2D eigenvalue weighted by Gasteiger charge is 2.39. The molecule has 1 aromatic carbocycles. The first-order chi connectivity index (χ1) is 14.5. The van der Waals surface area contributed by atoms with Crippen LogP contribution in [0.2, 0.25) is 0 Å². The van der Waals surface area contributed by atoms with Crippen molar-refractivity contribution in [3.05, 3.63) is 36.0 Å². The van der Waals surface area contributed by atoms with Gasteiger partial charge in [-0.25, -0.2) is 4.79 Å². The van der Waals surface area contributed by atoms with Gasteiger partial charge in [0.25, 0.3) is 5.91 Å². The van der Waals surface area contributed by atoms with Gasteiger partial charge in [0, 0.05) is 49.6 Å². The van der Waals surface area contributed by atoms with E-state index in [1.807, 2.05) is 30.5 Å². The molecule has 2 aliphatic heterocycles. The fourth-order valence-corrected chi connectivity index (χ4v) is 4.02.